The predicted octanol–water partition coefficient (Wildman–Crippen LogP) is 4.18. The Morgan fingerprint density at radius 2 is 1.92 bits per heavy atom. The molecule has 2 rings (SSSR count). The number of methoxy groups -OCH3 is 1. The van der Waals surface area contributed by atoms with E-state index in [1.54, 1.807) is 18.2 Å². The van der Waals surface area contributed by atoms with Crippen LogP contribution in [0, 0.1) is 11.6 Å². The van der Waals surface area contributed by atoms with Gasteiger partial charge in [0.1, 0.15) is 17.4 Å². The van der Waals surface area contributed by atoms with Gasteiger partial charge in [-0.15, -0.1) is 0 Å². The third-order valence-electron chi connectivity index (χ3n) is 3.17. The van der Waals surface area contributed by atoms with Gasteiger partial charge in [0.2, 0.25) is 5.78 Å². The molecule has 0 aliphatic rings. The zero-order chi connectivity index (χ0) is 18.4. The van der Waals surface area contributed by atoms with Gasteiger partial charge in [-0.3, -0.25) is 4.79 Å². The van der Waals surface area contributed by atoms with E-state index in [0.29, 0.717) is 11.3 Å². The van der Waals surface area contributed by atoms with Gasteiger partial charge in [-0.1, -0.05) is 15.9 Å². The number of ether oxygens (including phenoxy) is 2. The van der Waals surface area contributed by atoms with Gasteiger partial charge < -0.3 is 9.47 Å². The average molecular weight is 411 g/mol. The quantitative estimate of drug-likeness (QED) is 0.407. The number of carbonyl (C=O) groups excluding carboxylic acids is 2. The van der Waals surface area contributed by atoms with E-state index in [2.05, 4.69) is 15.9 Å². The molecule has 7 heteroatoms. The molecule has 0 N–H and O–H groups in total. The Labute approximate surface area is 151 Å². The summed E-state index contributed by atoms with van der Waals surface area (Å²) < 4.78 is 37.2. The molecule has 0 aliphatic carbocycles. The second kappa shape index (κ2) is 8.53. The molecule has 25 heavy (non-hydrogen) atoms. The zero-order valence-electron chi connectivity index (χ0n) is 13.1. The highest BCUT2D eigenvalue weighted by atomic mass is 79.9. The smallest absolute Gasteiger partial charge is 0.331 e. The fourth-order valence-corrected chi connectivity index (χ4v) is 2.35. The summed E-state index contributed by atoms with van der Waals surface area (Å²) in [6.07, 6.45) is 2.57. The Kier molecular flexibility index (Phi) is 6.41. The predicted molar refractivity (Wildman–Crippen MR) is 91.4 cm³/mol. The van der Waals surface area contributed by atoms with Gasteiger partial charge in [0.25, 0.3) is 0 Å². The van der Waals surface area contributed by atoms with Crippen LogP contribution in [0.2, 0.25) is 0 Å². The highest BCUT2D eigenvalue weighted by Crippen LogP contribution is 2.24. The van der Waals surface area contributed by atoms with E-state index in [4.69, 9.17) is 9.47 Å². The van der Waals surface area contributed by atoms with Crippen molar-refractivity contribution < 1.29 is 27.8 Å². The topological polar surface area (TPSA) is 52.6 Å². The van der Waals surface area contributed by atoms with Crippen molar-refractivity contribution in [3.8, 4) is 5.75 Å². The summed E-state index contributed by atoms with van der Waals surface area (Å²) in [5, 5.41) is 0. The van der Waals surface area contributed by atoms with E-state index in [1.807, 2.05) is 0 Å². The van der Waals surface area contributed by atoms with Crippen LogP contribution in [0.25, 0.3) is 6.08 Å². The summed E-state index contributed by atoms with van der Waals surface area (Å²) in [5.74, 6) is -2.72. The summed E-state index contributed by atoms with van der Waals surface area (Å²) >= 11 is 3.30. The minimum atomic E-state index is -0.878. The number of carbonyl (C=O) groups is 2. The molecule has 0 unspecified atom stereocenters. The molecule has 0 fully saturated rings. The largest absolute Gasteiger partial charge is 0.496 e. The number of Topliss-reactive ketones (excluding diaryl/α,β-unsaturated/α-hetero) is 1. The monoisotopic (exact) mass is 410 g/mol. The second-order valence-electron chi connectivity index (χ2n) is 4.87. The highest BCUT2D eigenvalue weighted by molar-refractivity contribution is 9.10. The minimum absolute atomic E-state index is 0.467. The lowest BCUT2D eigenvalue weighted by Gasteiger charge is -2.05. The lowest BCUT2D eigenvalue weighted by molar-refractivity contribution is -0.136. The van der Waals surface area contributed by atoms with E-state index in [9.17, 15) is 18.4 Å². The molecule has 0 amide bonds. The number of halogens is 3. The van der Waals surface area contributed by atoms with E-state index >= 15 is 0 Å². The molecule has 0 aliphatic heterocycles. The summed E-state index contributed by atoms with van der Waals surface area (Å²) in [6.45, 7) is -0.695. The first kappa shape index (κ1) is 18.8. The van der Waals surface area contributed by atoms with E-state index in [1.165, 1.54) is 13.2 Å². The van der Waals surface area contributed by atoms with Gasteiger partial charge >= 0.3 is 5.97 Å². The lowest BCUT2D eigenvalue weighted by Crippen LogP contribution is -2.14. The molecule has 4 nitrogen and oxygen atoms in total. The molecule has 0 saturated carbocycles. The summed E-state index contributed by atoms with van der Waals surface area (Å²) in [6, 6.07) is 7.71. The van der Waals surface area contributed by atoms with Crippen LogP contribution in [0.3, 0.4) is 0 Å². The van der Waals surface area contributed by atoms with E-state index in [-0.39, 0.29) is 0 Å². The van der Waals surface area contributed by atoms with E-state index in [0.717, 1.165) is 28.7 Å². The van der Waals surface area contributed by atoms with Crippen molar-refractivity contribution in [1.29, 1.82) is 0 Å². The number of hydrogen-bond donors (Lipinski definition) is 0. The molecular weight excluding hydrogens is 398 g/mol. The number of benzene rings is 2. The van der Waals surface area contributed by atoms with Crippen molar-refractivity contribution >= 4 is 33.8 Å². The second-order valence-corrected chi connectivity index (χ2v) is 5.79. The van der Waals surface area contributed by atoms with Gasteiger partial charge in [-0.25, -0.2) is 13.6 Å². The third kappa shape index (κ3) is 5.22. The van der Waals surface area contributed by atoms with Gasteiger partial charge in [-0.05, 0) is 42.5 Å². The number of esters is 1. The molecule has 130 valence electrons. The molecule has 0 aromatic heterocycles. The number of ketones is 1. The maximum absolute atomic E-state index is 13.5. The van der Waals surface area contributed by atoms with E-state index < -0.39 is 35.6 Å². The van der Waals surface area contributed by atoms with Crippen molar-refractivity contribution in [2.75, 3.05) is 13.7 Å². The molecule has 2 aromatic rings. The normalized spacial score (nSPS) is 10.7. The van der Waals surface area contributed by atoms with Crippen LogP contribution in [-0.2, 0) is 9.53 Å². The van der Waals surface area contributed by atoms with Gasteiger partial charge in [-0.2, -0.15) is 0 Å². The first-order chi connectivity index (χ1) is 11.9. The maximum Gasteiger partial charge on any atom is 0.331 e. The molecule has 0 spiro atoms. The summed E-state index contributed by atoms with van der Waals surface area (Å²) in [7, 11) is 1.49. The molecule has 0 saturated heterocycles. The Balaban J connectivity index is 2.00. The van der Waals surface area contributed by atoms with Crippen LogP contribution in [0.4, 0.5) is 8.78 Å². The molecule has 0 atom stereocenters. The highest BCUT2D eigenvalue weighted by Gasteiger charge is 2.14. The number of rotatable bonds is 6. The molecule has 0 heterocycles. The third-order valence-corrected chi connectivity index (χ3v) is 3.66. The van der Waals surface area contributed by atoms with Crippen LogP contribution < -0.4 is 4.74 Å². The van der Waals surface area contributed by atoms with Crippen LogP contribution in [-0.4, -0.2) is 25.5 Å². The Hall–Kier alpha value is -2.54. The molecule has 2 aromatic carbocycles. The zero-order valence-corrected chi connectivity index (χ0v) is 14.7. The Morgan fingerprint density at radius 1 is 1.16 bits per heavy atom. The van der Waals surface area contributed by atoms with Crippen LogP contribution in [0.15, 0.2) is 46.9 Å². The summed E-state index contributed by atoms with van der Waals surface area (Å²) in [5.41, 5.74) is 0.154. The van der Waals surface area contributed by atoms with Crippen molar-refractivity contribution in [2.24, 2.45) is 0 Å². The van der Waals surface area contributed by atoms with Crippen molar-refractivity contribution in [3.05, 3.63) is 69.7 Å². The van der Waals surface area contributed by atoms with Gasteiger partial charge in [0.15, 0.2) is 6.61 Å². The fraction of sp³-hybridized carbons (Fsp3) is 0.111. The lowest BCUT2D eigenvalue weighted by atomic mass is 10.1. The SMILES string of the molecule is COc1ccc(Br)cc1/C=C/C(=O)OCC(=O)c1cc(F)ccc1F. The first-order valence-corrected chi connectivity index (χ1v) is 7.86. The maximum atomic E-state index is 13.5. The van der Waals surface area contributed by atoms with Crippen LogP contribution in [0.5, 0.6) is 5.75 Å². The van der Waals surface area contributed by atoms with Crippen LogP contribution in [0.1, 0.15) is 15.9 Å². The van der Waals surface area contributed by atoms with Crippen molar-refractivity contribution in [3.63, 3.8) is 0 Å². The van der Waals surface area contributed by atoms with Crippen molar-refractivity contribution in [2.45, 2.75) is 0 Å². The van der Waals surface area contributed by atoms with Gasteiger partial charge in [0, 0.05) is 16.1 Å². The first-order valence-electron chi connectivity index (χ1n) is 7.07. The summed E-state index contributed by atoms with van der Waals surface area (Å²) in [4.78, 5) is 23.5. The average Bonchev–Trinajstić information content (AvgIpc) is 2.60. The minimum Gasteiger partial charge on any atom is -0.496 e. The van der Waals surface area contributed by atoms with Crippen molar-refractivity contribution in [1.82, 2.24) is 0 Å². The number of hydrogen-bond acceptors (Lipinski definition) is 4. The molecule has 0 bridgehead atoms. The molecule has 0 radical (unpaired) electrons. The fourth-order valence-electron chi connectivity index (χ4n) is 1.97. The molecular formula is C18H13BrF2O4. The Morgan fingerprint density at radius 3 is 2.64 bits per heavy atom. The van der Waals surface area contributed by atoms with Crippen LogP contribution >= 0.6 is 15.9 Å². The standard InChI is InChI=1S/C18H13BrF2O4/c1-24-17-6-3-12(19)8-11(17)2-7-18(23)25-10-16(22)14-9-13(20)4-5-15(14)21/h2-9H,10H2,1H3/b7-2+. The van der Waals surface area contributed by atoms with Gasteiger partial charge in [0.05, 0.1) is 12.7 Å². The Bertz CT molecular complexity index is 834.